The Balaban J connectivity index is 1.75. The summed E-state index contributed by atoms with van der Waals surface area (Å²) < 4.78 is 37.2. The van der Waals surface area contributed by atoms with E-state index in [-0.39, 0.29) is 6.04 Å². The molecule has 0 aromatic heterocycles. The van der Waals surface area contributed by atoms with Crippen LogP contribution in [0, 0.1) is 0 Å². The van der Waals surface area contributed by atoms with Crippen LogP contribution in [0.5, 0.6) is 17.2 Å². The van der Waals surface area contributed by atoms with E-state index in [0.717, 1.165) is 16.1 Å². The number of sulfonamides is 1. The minimum absolute atomic E-state index is 0.311. The van der Waals surface area contributed by atoms with E-state index < -0.39 is 22.0 Å². The number of anilines is 1. The molecule has 8 heteroatoms. The number of carbonyl (C=O) groups is 1. The fourth-order valence-corrected chi connectivity index (χ4v) is 4.58. The van der Waals surface area contributed by atoms with Gasteiger partial charge in [-0.25, -0.2) is 8.42 Å². The standard InChI is InChI=1S/C25H28N2O5S/c1-18(20-10-14-22(31-3)15-11-20)26-25(28)19(2)27(33(4,29)30)21-12-16-24(17-13-21)32-23-8-6-5-7-9-23/h5-19H,1-4H3,(H,26,28)/t18-,19+/m1/s1. The Hall–Kier alpha value is -3.52. The summed E-state index contributed by atoms with van der Waals surface area (Å²) in [6.07, 6.45) is 1.08. The molecular weight excluding hydrogens is 440 g/mol. The van der Waals surface area contributed by atoms with E-state index in [1.165, 1.54) is 0 Å². The van der Waals surface area contributed by atoms with E-state index in [9.17, 15) is 13.2 Å². The minimum atomic E-state index is -3.73. The number of nitrogens with one attached hydrogen (secondary N) is 1. The van der Waals surface area contributed by atoms with Gasteiger partial charge in [0.1, 0.15) is 23.3 Å². The number of hydrogen-bond acceptors (Lipinski definition) is 5. The summed E-state index contributed by atoms with van der Waals surface area (Å²) in [5, 5.41) is 2.89. The van der Waals surface area contributed by atoms with Gasteiger partial charge in [-0.15, -0.1) is 0 Å². The van der Waals surface area contributed by atoms with Gasteiger partial charge >= 0.3 is 0 Å². The average molecular weight is 469 g/mol. The first-order valence-electron chi connectivity index (χ1n) is 10.5. The van der Waals surface area contributed by atoms with Gasteiger partial charge in [-0.05, 0) is 67.9 Å². The van der Waals surface area contributed by atoms with Crippen molar-refractivity contribution in [2.45, 2.75) is 25.9 Å². The summed E-state index contributed by atoms with van der Waals surface area (Å²) in [4.78, 5) is 13.0. The molecule has 0 unspecified atom stereocenters. The Labute approximate surface area is 195 Å². The number of hydrogen-bond donors (Lipinski definition) is 1. The molecule has 1 amide bonds. The number of amides is 1. The highest BCUT2D eigenvalue weighted by molar-refractivity contribution is 7.92. The maximum Gasteiger partial charge on any atom is 0.244 e. The Morgan fingerprint density at radius 2 is 1.39 bits per heavy atom. The van der Waals surface area contributed by atoms with Gasteiger partial charge in [-0.1, -0.05) is 30.3 Å². The fraction of sp³-hybridized carbons (Fsp3) is 0.240. The van der Waals surface area contributed by atoms with Crippen LogP contribution in [0.3, 0.4) is 0 Å². The van der Waals surface area contributed by atoms with E-state index in [2.05, 4.69) is 5.32 Å². The van der Waals surface area contributed by atoms with Crippen molar-refractivity contribution in [2.24, 2.45) is 0 Å². The van der Waals surface area contributed by atoms with Crippen molar-refractivity contribution in [2.75, 3.05) is 17.7 Å². The van der Waals surface area contributed by atoms with E-state index in [4.69, 9.17) is 9.47 Å². The third-order valence-corrected chi connectivity index (χ3v) is 6.37. The zero-order chi connectivity index (χ0) is 24.0. The van der Waals surface area contributed by atoms with Crippen molar-refractivity contribution in [3.63, 3.8) is 0 Å². The third-order valence-electron chi connectivity index (χ3n) is 5.13. The molecule has 0 saturated carbocycles. The summed E-state index contributed by atoms with van der Waals surface area (Å²) in [6, 6.07) is 21.9. The molecule has 0 saturated heterocycles. The molecule has 7 nitrogen and oxygen atoms in total. The van der Waals surface area contributed by atoms with Gasteiger partial charge in [0.25, 0.3) is 0 Å². The van der Waals surface area contributed by atoms with Gasteiger partial charge < -0.3 is 14.8 Å². The highest BCUT2D eigenvalue weighted by atomic mass is 32.2. The molecule has 2 atom stereocenters. The van der Waals surface area contributed by atoms with E-state index in [0.29, 0.717) is 22.9 Å². The summed E-state index contributed by atoms with van der Waals surface area (Å²) in [7, 11) is -2.14. The zero-order valence-electron chi connectivity index (χ0n) is 19.1. The van der Waals surface area contributed by atoms with Gasteiger partial charge in [0.2, 0.25) is 15.9 Å². The highest BCUT2D eigenvalue weighted by Gasteiger charge is 2.30. The van der Waals surface area contributed by atoms with Crippen LogP contribution < -0.4 is 19.1 Å². The summed E-state index contributed by atoms with van der Waals surface area (Å²) in [5.41, 5.74) is 1.25. The molecule has 0 aliphatic rings. The van der Waals surface area contributed by atoms with Gasteiger partial charge in [-0.3, -0.25) is 9.10 Å². The van der Waals surface area contributed by atoms with Crippen molar-refractivity contribution < 1.29 is 22.7 Å². The van der Waals surface area contributed by atoms with Gasteiger partial charge in [0.05, 0.1) is 25.1 Å². The molecule has 33 heavy (non-hydrogen) atoms. The molecule has 3 aromatic carbocycles. The maximum atomic E-state index is 13.0. The van der Waals surface area contributed by atoms with Crippen LogP contribution in [0.25, 0.3) is 0 Å². The van der Waals surface area contributed by atoms with Crippen LogP contribution in [0.4, 0.5) is 5.69 Å². The van der Waals surface area contributed by atoms with Crippen molar-refractivity contribution in [1.29, 1.82) is 0 Å². The largest absolute Gasteiger partial charge is 0.497 e. The Bertz CT molecular complexity index is 1160. The minimum Gasteiger partial charge on any atom is -0.497 e. The number of nitrogens with zero attached hydrogens (tertiary/aromatic N) is 1. The Morgan fingerprint density at radius 3 is 1.94 bits per heavy atom. The molecule has 1 N–H and O–H groups in total. The Kier molecular flexibility index (Phi) is 7.60. The first-order valence-corrected chi connectivity index (χ1v) is 12.3. The van der Waals surface area contributed by atoms with Gasteiger partial charge in [0, 0.05) is 0 Å². The molecule has 0 heterocycles. The number of para-hydroxylation sites is 1. The first-order chi connectivity index (χ1) is 15.7. The van der Waals surface area contributed by atoms with Gasteiger partial charge in [-0.2, -0.15) is 0 Å². The molecule has 0 bridgehead atoms. The number of carbonyl (C=O) groups excluding carboxylic acids is 1. The highest BCUT2D eigenvalue weighted by Crippen LogP contribution is 2.27. The van der Waals surface area contributed by atoms with Crippen molar-refractivity contribution >= 4 is 21.6 Å². The lowest BCUT2D eigenvalue weighted by molar-refractivity contribution is -0.122. The molecule has 0 aliphatic carbocycles. The quantitative estimate of drug-likeness (QED) is 0.499. The summed E-state index contributed by atoms with van der Waals surface area (Å²) in [5.74, 6) is 1.54. The summed E-state index contributed by atoms with van der Waals surface area (Å²) in [6.45, 7) is 3.40. The van der Waals surface area contributed by atoms with Crippen molar-refractivity contribution in [1.82, 2.24) is 5.32 Å². The topological polar surface area (TPSA) is 84.9 Å². The van der Waals surface area contributed by atoms with Gasteiger partial charge in [0.15, 0.2) is 0 Å². The molecule has 0 radical (unpaired) electrons. The Morgan fingerprint density at radius 1 is 0.848 bits per heavy atom. The molecule has 0 aliphatic heterocycles. The third kappa shape index (κ3) is 6.26. The van der Waals surface area contributed by atoms with E-state index in [1.807, 2.05) is 61.5 Å². The van der Waals surface area contributed by atoms with E-state index >= 15 is 0 Å². The van der Waals surface area contributed by atoms with E-state index in [1.54, 1.807) is 38.3 Å². The SMILES string of the molecule is COc1ccc([C@@H](C)NC(=O)[C@H](C)N(c2ccc(Oc3ccccc3)cc2)S(C)(=O)=O)cc1. The van der Waals surface area contributed by atoms with Crippen LogP contribution >= 0.6 is 0 Å². The maximum absolute atomic E-state index is 13.0. The zero-order valence-corrected chi connectivity index (χ0v) is 19.9. The second-order valence-electron chi connectivity index (χ2n) is 7.65. The molecule has 174 valence electrons. The smallest absolute Gasteiger partial charge is 0.244 e. The summed E-state index contributed by atoms with van der Waals surface area (Å²) >= 11 is 0. The second-order valence-corrected chi connectivity index (χ2v) is 9.51. The predicted molar refractivity (Wildman–Crippen MR) is 129 cm³/mol. The monoisotopic (exact) mass is 468 g/mol. The molecule has 0 spiro atoms. The fourth-order valence-electron chi connectivity index (χ4n) is 3.40. The number of methoxy groups -OCH3 is 1. The molecular formula is C25H28N2O5S. The number of ether oxygens (including phenoxy) is 2. The number of rotatable bonds is 9. The lowest BCUT2D eigenvalue weighted by Gasteiger charge is -2.29. The number of benzene rings is 3. The predicted octanol–water partition coefficient (Wildman–Crippen LogP) is 4.52. The second kappa shape index (κ2) is 10.4. The van der Waals surface area contributed by atoms with Crippen LogP contribution in [-0.4, -0.2) is 33.7 Å². The van der Waals surface area contributed by atoms with Crippen LogP contribution in [0.15, 0.2) is 78.9 Å². The van der Waals surface area contributed by atoms with Crippen LogP contribution in [0.2, 0.25) is 0 Å². The molecule has 3 aromatic rings. The lowest BCUT2D eigenvalue weighted by Crippen LogP contribution is -2.48. The molecule has 0 fully saturated rings. The van der Waals surface area contributed by atoms with Crippen LogP contribution in [-0.2, 0) is 14.8 Å². The molecule has 3 rings (SSSR count). The normalized spacial score (nSPS) is 13.0. The lowest BCUT2D eigenvalue weighted by atomic mass is 10.1. The van der Waals surface area contributed by atoms with Crippen LogP contribution in [0.1, 0.15) is 25.5 Å². The van der Waals surface area contributed by atoms with Crippen molar-refractivity contribution in [3.05, 3.63) is 84.4 Å². The van der Waals surface area contributed by atoms with Crippen molar-refractivity contribution in [3.8, 4) is 17.2 Å². The first kappa shape index (κ1) is 24.1. The average Bonchev–Trinajstić information content (AvgIpc) is 2.80.